The summed E-state index contributed by atoms with van der Waals surface area (Å²) < 4.78 is 12.7. The highest BCUT2D eigenvalue weighted by Gasteiger charge is 2.36. The van der Waals surface area contributed by atoms with E-state index >= 15 is 0 Å². The molecule has 0 radical (unpaired) electrons. The molecule has 0 aliphatic carbocycles. The molecule has 3 aromatic carbocycles. The predicted molar refractivity (Wildman–Crippen MR) is 92.9 cm³/mol. The monoisotopic (exact) mass is 356 g/mol. The van der Waals surface area contributed by atoms with Crippen LogP contribution in [-0.2, 0) is 15.3 Å². The Morgan fingerprint density at radius 2 is 1.41 bits per heavy atom. The maximum Gasteiger partial charge on any atom is 0.222 e. The van der Waals surface area contributed by atoms with Gasteiger partial charge in [-0.25, -0.2) is 0 Å². The first-order chi connectivity index (χ1) is 10.7. The van der Waals surface area contributed by atoms with Gasteiger partial charge in [0.15, 0.2) is 0 Å². The van der Waals surface area contributed by atoms with E-state index in [1.807, 2.05) is 48.5 Å². The van der Waals surface area contributed by atoms with Crippen LogP contribution in [0.25, 0.3) is 10.8 Å². The zero-order chi connectivity index (χ0) is 15.6. The van der Waals surface area contributed by atoms with Crippen molar-refractivity contribution in [3.63, 3.8) is 0 Å². The van der Waals surface area contributed by atoms with E-state index in [9.17, 15) is 0 Å². The van der Waals surface area contributed by atoms with E-state index in [1.165, 1.54) is 5.39 Å². The molecule has 0 unspecified atom stereocenters. The zero-order valence-corrected chi connectivity index (χ0v) is 14.1. The molecule has 2 nitrogen and oxygen atoms in total. The molecule has 0 aliphatic heterocycles. The summed E-state index contributed by atoms with van der Waals surface area (Å²) in [5.41, 5.74) is 1.90. The van der Waals surface area contributed by atoms with Crippen LogP contribution in [0.15, 0.2) is 71.2 Å². The molecule has 0 aliphatic rings. The Labute approximate surface area is 138 Å². The second-order valence-electron chi connectivity index (χ2n) is 5.04. The summed E-state index contributed by atoms with van der Waals surface area (Å²) >= 11 is 3.74. The fourth-order valence-corrected chi connectivity index (χ4v) is 3.59. The Kier molecular flexibility index (Phi) is 4.30. The van der Waals surface area contributed by atoms with Crippen molar-refractivity contribution in [1.29, 1.82) is 0 Å². The minimum atomic E-state index is -0.940. The number of fused-ring (bicyclic) bond motifs is 1. The van der Waals surface area contributed by atoms with Crippen molar-refractivity contribution in [2.75, 3.05) is 14.2 Å². The van der Waals surface area contributed by atoms with E-state index in [1.54, 1.807) is 14.2 Å². The summed E-state index contributed by atoms with van der Waals surface area (Å²) in [6, 6.07) is 22.3. The summed E-state index contributed by atoms with van der Waals surface area (Å²) in [4.78, 5) is 0. The molecule has 3 rings (SSSR count). The van der Waals surface area contributed by atoms with Gasteiger partial charge in [-0.3, -0.25) is 0 Å². The molecular formula is C19H17BrO2. The van der Waals surface area contributed by atoms with Gasteiger partial charge in [0.25, 0.3) is 0 Å². The molecule has 0 fully saturated rings. The summed E-state index contributed by atoms with van der Waals surface area (Å²) in [5.74, 6) is -0.940. The van der Waals surface area contributed by atoms with Crippen molar-refractivity contribution in [3.05, 3.63) is 82.3 Å². The molecule has 22 heavy (non-hydrogen) atoms. The second-order valence-corrected chi connectivity index (χ2v) is 5.83. The number of benzene rings is 3. The molecule has 3 heteroatoms. The Morgan fingerprint density at radius 1 is 0.773 bits per heavy atom. The van der Waals surface area contributed by atoms with Gasteiger partial charge in [-0.05, 0) is 26.7 Å². The molecule has 0 atom stereocenters. The van der Waals surface area contributed by atoms with E-state index in [0.29, 0.717) is 0 Å². The average molecular weight is 357 g/mol. The number of ether oxygens (including phenoxy) is 2. The quantitative estimate of drug-likeness (QED) is 0.605. The van der Waals surface area contributed by atoms with Crippen LogP contribution in [0, 0.1) is 0 Å². The molecule has 112 valence electrons. The molecule has 0 saturated carbocycles. The summed E-state index contributed by atoms with van der Waals surface area (Å²) in [7, 11) is 3.33. The first kappa shape index (κ1) is 15.2. The SMILES string of the molecule is COC(OC)(c1ccccc1)c1ccc2ccccc2c1Br. The van der Waals surface area contributed by atoms with Crippen molar-refractivity contribution in [2.24, 2.45) is 0 Å². The average Bonchev–Trinajstić information content (AvgIpc) is 2.59. The summed E-state index contributed by atoms with van der Waals surface area (Å²) in [6.45, 7) is 0. The van der Waals surface area contributed by atoms with Gasteiger partial charge in [-0.15, -0.1) is 0 Å². The van der Waals surface area contributed by atoms with Crippen LogP contribution in [0.2, 0.25) is 0 Å². The van der Waals surface area contributed by atoms with Crippen LogP contribution in [0.5, 0.6) is 0 Å². The third-order valence-electron chi connectivity index (χ3n) is 3.95. The predicted octanol–water partition coefficient (Wildman–Crippen LogP) is 5.10. The first-order valence-corrected chi connectivity index (χ1v) is 7.86. The van der Waals surface area contributed by atoms with Crippen LogP contribution >= 0.6 is 15.9 Å². The van der Waals surface area contributed by atoms with Crippen LogP contribution < -0.4 is 0 Å². The Hall–Kier alpha value is -1.68. The molecule has 0 N–H and O–H groups in total. The molecule has 0 amide bonds. The van der Waals surface area contributed by atoms with Crippen LogP contribution in [0.4, 0.5) is 0 Å². The van der Waals surface area contributed by atoms with E-state index < -0.39 is 5.79 Å². The van der Waals surface area contributed by atoms with Crippen molar-refractivity contribution >= 4 is 26.7 Å². The van der Waals surface area contributed by atoms with Crippen LogP contribution in [-0.4, -0.2) is 14.2 Å². The van der Waals surface area contributed by atoms with E-state index in [4.69, 9.17) is 9.47 Å². The normalized spacial score (nSPS) is 11.8. The Balaban J connectivity index is 2.28. The van der Waals surface area contributed by atoms with Gasteiger partial charge in [-0.2, -0.15) is 0 Å². The van der Waals surface area contributed by atoms with Gasteiger partial charge in [0.05, 0.1) is 0 Å². The third kappa shape index (κ3) is 2.35. The molecule has 0 saturated heterocycles. The molecule has 0 heterocycles. The maximum absolute atomic E-state index is 5.84. The van der Waals surface area contributed by atoms with Gasteiger partial charge in [-0.1, -0.05) is 66.7 Å². The zero-order valence-electron chi connectivity index (χ0n) is 12.5. The number of hydrogen-bond acceptors (Lipinski definition) is 2. The van der Waals surface area contributed by atoms with E-state index in [0.717, 1.165) is 21.0 Å². The van der Waals surface area contributed by atoms with Crippen molar-refractivity contribution in [1.82, 2.24) is 0 Å². The van der Waals surface area contributed by atoms with Crippen LogP contribution in [0.1, 0.15) is 11.1 Å². The second kappa shape index (κ2) is 6.21. The van der Waals surface area contributed by atoms with Gasteiger partial charge in [0.1, 0.15) is 0 Å². The number of rotatable bonds is 4. The molecule has 0 aromatic heterocycles. The van der Waals surface area contributed by atoms with Crippen molar-refractivity contribution in [3.8, 4) is 0 Å². The molecule has 0 bridgehead atoms. The highest BCUT2D eigenvalue weighted by Crippen LogP contribution is 2.40. The lowest BCUT2D eigenvalue weighted by Crippen LogP contribution is -2.32. The standard InChI is InChI=1S/C19H17BrO2/c1-21-19(22-2,15-9-4-3-5-10-15)17-13-12-14-8-6-7-11-16(14)18(17)20/h3-13H,1-2H3. The smallest absolute Gasteiger partial charge is 0.222 e. The first-order valence-electron chi connectivity index (χ1n) is 7.06. The number of methoxy groups -OCH3 is 2. The number of halogens is 1. The third-order valence-corrected chi connectivity index (χ3v) is 4.80. The Morgan fingerprint density at radius 3 is 2.09 bits per heavy atom. The maximum atomic E-state index is 5.84. The fourth-order valence-electron chi connectivity index (χ4n) is 2.84. The largest absolute Gasteiger partial charge is 0.346 e. The van der Waals surface area contributed by atoms with Gasteiger partial charge >= 0.3 is 0 Å². The fraction of sp³-hybridized carbons (Fsp3) is 0.158. The van der Waals surface area contributed by atoms with Crippen molar-refractivity contribution < 1.29 is 9.47 Å². The molecule has 3 aromatic rings. The topological polar surface area (TPSA) is 18.5 Å². The number of hydrogen-bond donors (Lipinski definition) is 0. The highest BCUT2D eigenvalue weighted by atomic mass is 79.9. The molecular weight excluding hydrogens is 340 g/mol. The minimum Gasteiger partial charge on any atom is -0.346 e. The van der Waals surface area contributed by atoms with Gasteiger partial charge in [0.2, 0.25) is 5.79 Å². The van der Waals surface area contributed by atoms with Gasteiger partial charge < -0.3 is 9.47 Å². The minimum absolute atomic E-state index is 0.940. The summed E-state index contributed by atoms with van der Waals surface area (Å²) in [6.07, 6.45) is 0. The summed E-state index contributed by atoms with van der Waals surface area (Å²) in [5, 5.41) is 2.31. The van der Waals surface area contributed by atoms with Crippen molar-refractivity contribution in [2.45, 2.75) is 5.79 Å². The van der Waals surface area contributed by atoms with Gasteiger partial charge in [0, 0.05) is 29.8 Å². The lowest BCUT2D eigenvalue weighted by Gasteiger charge is -2.33. The Bertz CT molecular complexity index is 780. The van der Waals surface area contributed by atoms with E-state index in [-0.39, 0.29) is 0 Å². The lowest BCUT2D eigenvalue weighted by molar-refractivity contribution is -0.184. The highest BCUT2D eigenvalue weighted by molar-refractivity contribution is 9.10. The lowest BCUT2D eigenvalue weighted by atomic mass is 9.94. The van der Waals surface area contributed by atoms with Crippen LogP contribution in [0.3, 0.4) is 0 Å². The molecule has 0 spiro atoms. The van der Waals surface area contributed by atoms with E-state index in [2.05, 4.69) is 34.1 Å².